The smallest absolute Gasteiger partial charge is 0.243 e. The van der Waals surface area contributed by atoms with E-state index in [1.54, 1.807) is 4.90 Å². The van der Waals surface area contributed by atoms with Crippen LogP contribution in [0.15, 0.2) is 72.8 Å². The second-order valence-electron chi connectivity index (χ2n) is 12.3. The van der Waals surface area contributed by atoms with Crippen LogP contribution in [0.1, 0.15) is 57.6 Å². The number of carbonyl (C=O) groups excluding carboxylic acids is 3. The molecule has 3 aromatic carbocycles. The van der Waals surface area contributed by atoms with Crippen molar-refractivity contribution in [2.24, 2.45) is 5.92 Å². The molecule has 1 aliphatic rings. The first kappa shape index (κ1) is 38.0. The summed E-state index contributed by atoms with van der Waals surface area (Å²) in [5.74, 6) is -0.798. The number of aliphatic hydroxyl groups is 1. The van der Waals surface area contributed by atoms with Crippen LogP contribution in [-0.4, -0.2) is 78.2 Å². The lowest BCUT2D eigenvalue weighted by molar-refractivity contribution is -0.142. The average Bonchev–Trinajstić information content (AvgIpc) is 3.57. The van der Waals surface area contributed by atoms with Crippen LogP contribution in [0.5, 0.6) is 0 Å². The number of nitrogens with one attached hydrogen (secondary N) is 3. The number of aliphatic hydroxyl groups excluding tert-OH is 1. The molecule has 47 heavy (non-hydrogen) atoms. The van der Waals surface area contributed by atoms with Crippen molar-refractivity contribution in [3.05, 3.63) is 83.9 Å². The molecule has 4 N–H and O–H groups in total. The number of benzene rings is 3. The Bertz CT molecular complexity index is 1420. The summed E-state index contributed by atoms with van der Waals surface area (Å²) in [6, 6.07) is 22.5. The Morgan fingerprint density at radius 1 is 0.915 bits per heavy atom. The third kappa shape index (κ3) is 11.3. The van der Waals surface area contributed by atoms with Crippen LogP contribution >= 0.6 is 12.4 Å². The molecule has 0 radical (unpaired) electrons. The number of hydrogen-bond acceptors (Lipinski definition) is 6. The largest absolute Gasteiger partial charge is 0.390 e. The highest BCUT2D eigenvalue weighted by Gasteiger charge is 2.37. The molecule has 256 valence electrons. The van der Waals surface area contributed by atoms with Gasteiger partial charge in [-0.05, 0) is 54.5 Å². The van der Waals surface area contributed by atoms with Crippen molar-refractivity contribution >= 4 is 40.9 Å². The van der Waals surface area contributed by atoms with Gasteiger partial charge in [-0.2, -0.15) is 0 Å². The number of likely N-dealkylation sites (tertiary alicyclic amines) is 1. The van der Waals surface area contributed by atoms with Crippen molar-refractivity contribution < 1.29 is 24.2 Å². The van der Waals surface area contributed by atoms with Gasteiger partial charge in [0.15, 0.2) is 0 Å². The summed E-state index contributed by atoms with van der Waals surface area (Å²) in [4.78, 5) is 42.0. The lowest BCUT2D eigenvalue weighted by atomic mass is 10.00. The van der Waals surface area contributed by atoms with E-state index in [1.165, 1.54) is 0 Å². The summed E-state index contributed by atoms with van der Waals surface area (Å²) >= 11 is 0. The zero-order valence-electron chi connectivity index (χ0n) is 27.8. The molecule has 1 fully saturated rings. The Morgan fingerprint density at radius 2 is 1.62 bits per heavy atom. The molecule has 3 amide bonds. The molecule has 10 heteroatoms. The minimum absolute atomic E-state index is 0. The Balaban J connectivity index is 0.00000600. The molecule has 1 heterocycles. The number of ether oxygens (including phenoxy) is 1. The van der Waals surface area contributed by atoms with Crippen LogP contribution in [0.25, 0.3) is 10.8 Å². The van der Waals surface area contributed by atoms with Crippen molar-refractivity contribution in [1.29, 1.82) is 0 Å². The van der Waals surface area contributed by atoms with Crippen molar-refractivity contribution in [3.63, 3.8) is 0 Å². The van der Waals surface area contributed by atoms with E-state index in [4.69, 9.17) is 4.74 Å². The molecule has 1 aliphatic heterocycles. The summed E-state index contributed by atoms with van der Waals surface area (Å²) in [6.45, 7) is 7.85. The van der Waals surface area contributed by atoms with Gasteiger partial charge in [-0.15, -0.1) is 12.4 Å². The summed E-state index contributed by atoms with van der Waals surface area (Å²) in [7, 11) is 0. The Kier molecular flexibility index (Phi) is 15.6. The molecule has 0 unspecified atom stereocenters. The van der Waals surface area contributed by atoms with E-state index in [9.17, 15) is 19.5 Å². The first-order valence-electron chi connectivity index (χ1n) is 16.7. The molecule has 0 aliphatic carbocycles. The number of nitrogens with zero attached hydrogens (tertiary/aromatic N) is 1. The van der Waals surface area contributed by atoms with E-state index in [0.717, 1.165) is 41.2 Å². The van der Waals surface area contributed by atoms with E-state index in [-0.39, 0.29) is 61.7 Å². The number of hydrogen-bond donors (Lipinski definition) is 4. The zero-order chi connectivity index (χ0) is 32.9. The number of amides is 3. The Hall–Kier alpha value is -3.50. The van der Waals surface area contributed by atoms with Gasteiger partial charge in [0.1, 0.15) is 12.1 Å². The van der Waals surface area contributed by atoms with Gasteiger partial charge in [-0.3, -0.25) is 14.4 Å². The lowest BCUT2D eigenvalue weighted by Gasteiger charge is -2.29. The minimum Gasteiger partial charge on any atom is -0.390 e. The van der Waals surface area contributed by atoms with Crippen molar-refractivity contribution in [2.45, 2.75) is 83.8 Å². The summed E-state index contributed by atoms with van der Waals surface area (Å²) < 4.78 is 5.87. The second kappa shape index (κ2) is 19.4. The van der Waals surface area contributed by atoms with Crippen LogP contribution in [0.2, 0.25) is 0 Å². The van der Waals surface area contributed by atoms with E-state index < -0.39 is 18.2 Å². The molecule has 4 rings (SSSR count). The molecular formula is C37H51ClN4O5. The normalized spacial score (nSPS) is 16.4. The zero-order valence-corrected chi connectivity index (χ0v) is 28.6. The standard InChI is InChI=1S/C37H50N4O5.ClH/c1-4-29(5-2)37(45)41-19-11-16-34(41)36(44)40-33(21-28-17-18-30-14-9-10-15-31(30)20-28)35(43)39-24-32(42)23-38-22-26(3)46-25-27-12-7-6-8-13-27;/h6-10,12-15,17-18,20,26,29,32-34,38,42H,4-5,11,16,19,21-25H2,1-3H3,(H,39,43)(H,40,44);1H/t26-,32+,33-,34+;/m1./s1. The predicted molar refractivity (Wildman–Crippen MR) is 188 cm³/mol. The summed E-state index contributed by atoms with van der Waals surface area (Å²) in [5.41, 5.74) is 2.00. The fourth-order valence-electron chi connectivity index (χ4n) is 5.99. The summed E-state index contributed by atoms with van der Waals surface area (Å²) in [6.07, 6.45) is 2.16. The number of halogens is 1. The first-order valence-corrected chi connectivity index (χ1v) is 16.7. The van der Waals surface area contributed by atoms with Crippen LogP contribution in [0, 0.1) is 5.92 Å². The van der Waals surface area contributed by atoms with Crippen LogP contribution in [0.4, 0.5) is 0 Å². The molecule has 0 aromatic heterocycles. The lowest BCUT2D eigenvalue weighted by Crippen LogP contribution is -2.55. The fraction of sp³-hybridized carbons (Fsp3) is 0.486. The molecule has 3 aromatic rings. The van der Waals surface area contributed by atoms with E-state index in [1.807, 2.05) is 93.6 Å². The molecule has 1 saturated heterocycles. The molecule has 9 nitrogen and oxygen atoms in total. The minimum atomic E-state index is -0.870. The van der Waals surface area contributed by atoms with Gasteiger partial charge < -0.3 is 30.7 Å². The van der Waals surface area contributed by atoms with Gasteiger partial charge in [-0.25, -0.2) is 0 Å². The maximum absolute atomic E-state index is 13.6. The number of rotatable bonds is 17. The quantitative estimate of drug-likeness (QED) is 0.170. The maximum Gasteiger partial charge on any atom is 0.243 e. The third-order valence-electron chi connectivity index (χ3n) is 8.76. The van der Waals surface area contributed by atoms with Crippen LogP contribution in [0.3, 0.4) is 0 Å². The highest BCUT2D eigenvalue weighted by Crippen LogP contribution is 2.23. The predicted octanol–water partition coefficient (Wildman–Crippen LogP) is 4.39. The van der Waals surface area contributed by atoms with Gasteiger partial charge in [0, 0.05) is 38.5 Å². The molecular weight excluding hydrogens is 616 g/mol. The van der Waals surface area contributed by atoms with Crippen LogP contribution in [-0.2, 0) is 32.1 Å². The maximum atomic E-state index is 13.6. The van der Waals surface area contributed by atoms with E-state index >= 15 is 0 Å². The van der Waals surface area contributed by atoms with Crippen molar-refractivity contribution in [1.82, 2.24) is 20.9 Å². The molecule has 0 saturated carbocycles. The Morgan fingerprint density at radius 3 is 2.34 bits per heavy atom. The van der Waals surface area contributed by atoms with E-state index in [2.05, 4.69) is 16.0 Å². The monoisotopic (exact) mass is 666 g/mol. The topological polar surface area (TPSA) is 120 Å². The summed E-state index contributed by atoms with van der Waals surface area (Å²) in [5, 5.41) is 21.7. The highest BCUT2D eigenvalue weighted by molar-refractivity contribution is 5.93. The third-order valence-corrected chi connectivity index (χ3v) is 8.76. The van der Waals surface area contributed by atoms with Gasteiger partial charge in [0.2, 0.25) is 17.7 Å². The van der Waals surface area contributed by atoms with Gasteiger partial charge in [0.25, 0.3) is 0 Å². The molecule has 0 bridgehead atoms. The Labute approximate surface area is 285 Å². The van der Waals surface area contributed by atoms with Gasteiger partial charge in [0.05, 0.1) is 18.8 Å². The molecule has 0 spiro atoms. The number of carbonyl (C=O) groups is 3. The van der Waals surface area contributed by atoms with Gasteiger partial charge >= 0.3 is 0 Å². The van der Waals surface area contributed by atoms with Crippen molar-refractivity contribution in [3.8, 4) is 0 Å². The number of fused-ring (bicyclic) bond motifs is 1. The van der Waals surface area contributed by atoms with Gasteiger partial charge in [-0.1, -0.05) is 86.6 Å². The average molecular weight is 667 g/mol. The van der Waals surface area contributed by atoms with Crippen LogP contribution < -0.4 is 16.0 Å². The second-order valence-corrected chi connectivity index (χ2v) is 12.3. The first-order chi connectivity index (χ1) is 22.3. The van der Waals surface area contributed by atoms with Crippen molar-refractivity contribution in [2.75, 3.05) is 26.2 Å². The SMILES string of the molecule is CCC(CC)C(=O)N1CCC[C@H]1C(=O)N[C@H](Cc1ccc2ccccc2c1)C(=O)NC[C@@H](O)CNC[C@@H](C)OCc1ccccc1.Cl. The fourth-order valence-corrected chi connectivity index (χ4v) is 5.99. The highest BCUT2D eigenvalue weighted by atomic mass is 35.5. The van der Waals surface area contributed by atoms with E-state index in [0.29, 0.717) is 26.1 Å². The molecule has 4 atom stereocenters.